The van der Waals surface area contributed by atoms with Crippen LogP contribution in [0.1, 0.15) is 25.7 Å². The molecule has 2 atom stereocenters. The molecule has 1 saturated carbocycles. The second kappa shape index (κ2) is 4.29. The first-order valence-corrected chi connectivity index (χ1v) is 6.87. The molecule has 1 N–H and O–H groups in total. The van der Waals surface area contributed by atoms with E-state index in [9.17, 15) is 13.2 Å². The number of carboxylic acid groups (broad SMARTS) is 1. The lowest BCUT2D eigenvalue weighted by molar-refractivity contribution is -0.142. The molecular weight excluding hydrogens is 204 g/mol. The maximum absolute atomic E-state index is 10.9. The smallest absolute Gasteiger partial charge is 0.306 e. The molecule has 0 aromatic carbocycles. The molecule has 0 amide bonds. The number of sulfone groups is 1. The molecular formula is C9H16O4S. The van der Waals surface area contributed by atoms with Gasteiger partial charge in [0.2, 0.25) is 0 Å². The summed E-state index contributed by atoms with van der Waals surface area (Å²) in [5, 5.41) is 8.86. The number of carbonyl (C=O) groups is 1. The maximum atomic E-state index is 10.9. The minimum absolute atomic E-state index is 0.0576. The molecule has 4 nitrogen and oxygen atoms in total. The van der Waals surface area contributed by atoms with Crippen LogP contribution in [-0.2, 0) is 14.6 Å². The van der Waals surface area contributed by atoms with Crippen LogP contribution in [0.5, 0.6) is 0 Å². The molecule has 0 spiro atoms. The monoisotopic (exact) mass is 220 g/mol. The minimum Gasteiger partial charge on any atom is -0.481 e. The zero-order valence-electron chi connectivity index (χ0n) is 8.27. The van der Waals surface area contributed by atoms with Gasteiger partial charge in [-0.15, -0.1) is 0 Å². The van der Waals surface area contributed by atoms with E-state index in [0.29, 0.717) is 12.8 Å². The molecule has 0 aromatic rings. The number of rotatable bonds is 4. The molecule has 0 aromatic heterocycles. The Balaban J connectivity index is 2.48. The van der Waals surface area contributed by atoms with Gasteiger partial charge >= 0.3 is 5.97 Å². The van der Waals surface area contributed by atoms with E-state index in [1.54, 1.807) is 0 Å². The molecule has 82 valence electrons. The second-order valence-electron chi connectivity index (χ2n) is 4.05. The fourth-order valence-electron chi connectivity index (χ4n) is 2.07. The molecule has 5 heteroatoms. The molecule has 1 aliphatic rings. The normalized spacial score (nSPS) is 27.8. The highest BCUT2D eigenvalue weighted by Gasteiger charge is 2.32. The summed E-state index contributed by atoms with van der Waals surface area (Å²) in [7, 11) is -2.95. The summed E-state index contributed by atoms with van der Waals surface area (Å²) in [6.45, 7) is 0. The van der Waals surface area contributed by atoms with Crippen molar-refractivity contribution in [1.29, 1.82) is 0 Å². The van der Waals surface area contributed by atoms with Gasteiger partial charge in [-0.3, -0.25) is 4.79 Å². The summed E-state index contributed by atoms with van der Waals surface area (Å²) in [6, 6.07) is 0. The van der Waals surface area contributed by atoms with Crippen molar-refractivity contribution in [2.45, 2.75) is 25.7 Å². The van der Waals surface area contributed by atoms with E-state index >= 15 is 0 Å². The highest BCUT2D eigenvalue weighted by atomic mass is 32.2. The Morgan fingerprint density at radius 2 is 2.07 bits per heavy atom. The lowest BCUT2D eigenvalue weighted by Crippen LogP contribution is -2.20. The van der Waals surface area contributed by atoms with Crippen LogP contribution >= 0.6 is 0 Å². The Morgan fingerprint density at radius 1 is 1.43 bits per heavy atom. The van der Waals surface area contributed by atoms with Crippen molar-refractivity contribution in [1.82, 2.24) is 0 Å². The highest BCUT2D eigenvalue weighted by Crippen LogP contribution is 2.34. The number of hydrogen-bond acceptors (Lipinski definition) is 3. The largest absolute Gasteiger partial charge is 0.481 e. The summed E-state index contributed by atoms with van der Waals surface area (Å²) in [5.41, 5.74) is 0. The van der Waals surface area contributed by atoms with Crippen LogP contribution in [0.15, 0.2) is 0 Å². The molecule has 0 aliphatic heterocycles. The van der Waals surface area contributed by atoms with Crippen molar-refractivity contribution in [3.05, 3.63) is 0 Å². The van der Waals surface area contributed by atoms with Gasteiger partial charge in [-0.2, -0.15) is 0 Å². The van der Waals surface area contributed by atoms with Gasteiger partial charge < -0.3 is 5.11 Å². The van der Waals surface area contributed by atoms with Gasteiger partial charge in [-0.25, -0.2) is 8.42 Å². The SMILES string of the molecule is CS(=O)(=O)CCC1CCCC1C(=O)O. The van der Waals surface area contributed by atoms with Gasteiger partial charge in [-0.05, 0) is 25.2 Å². The van der Waals surface area contributed by atoms with E-state index < -0.39 is 15.8 Å². The Labute approximate surface area is 84.2 Å². The van der Waals surface area contributed by atoms with Crippen molar-refractivity contribution >= 4 is 15.8 Å². The maximum Gasteiger partial charge on any atom is 0.306 e. The third kappa shape index (κ3) is 3.29. The first-order valence-electron chi connectivity index (χ1n) is 4.80. The van der Waals surface area contributed by atoms with Gasteiger partial charge in [0.15, 0.2) is 0 Å². The fourth-order valence-corrected chi connectivity index (χ4v) is 2.80. The summed E-state index contributed by atoms with van der Waals surface area (Å²) < 4.78 is 21.8. The van der Waals surface area contributed by atoms with Crippen LogP contribution in [0, 0.1) is 11.8 Å². The summed E-state index contributed by atoms with van der Waals surface area (Å²) >= 11 is 0. The topological polar surface area (TPSA) is 71.4 Å². The van der Waals surface area contributed by atoms with Crippen LogP contribution < -0.4 is 0 Å². The van der Waals surface area contributed by atoms with Crippen LogP contribution in [0.2, 0.25) is 0 Å². The molecule has 0 bridgehead atoms. The summed E-state index contributed by atoms with van der Waals surface area (Å²) in [5.74, 6) is -0.929. The Bertz CT molecular complexity index is 307. The van der Waals surface area contributed by atoms with Crippen molar-refractivity contribution in [2.24, 2.45) is 11.8 Å². The van der Waals surface area contributed by atoms with Gasteiger partial charge in [0.05, 0.1) is 11.7 Å². The van der Waals surface area contributed by atoms with E-state index in [1.165, 1.54) is 6.26 Å². The second-order valence-corrected chi connectivity index (χ2v) is 6.31. The summed E-state index contributed by atoms with van der Waals surface area (Å²) in [4.78, 5) is 10.8. The van der Waals surface area contributed by atoms with E-state index in [-0.39, 0.29) is 17.6 Å². The van der Waals surface area contributed by atoms with E-state index in [0.717, 1.165) is 12.8 Å². The molecule has 14 heavy (non-hydrogen) atoms. The third-order valence-electron chi connectivity index (χ3n) is 2.84. The number of hydrogen-bond donors (Lipinski definition) is 1. The van der Waals surface area contributed by atoms with Gasteiger partial charge in [0.1, 0.15) is 9.84 Å². The van der Waals surface area contributed by atoms with Crippen molar-refractivity contribution in [2.75, 3.05) is 12.0 Å². The average Bonchev–Trinajstić information content (AvgIpc) is 2.46. The first kappa shape index (κ1) is 11.5. The van der Waals surface area contributed by atoms with Gasteiger partial charge in [0.25, 0.3) is 0 Å². The lowest BCUT2D eigenvalue weighted by Gasteiger charge is -2.14. The highest BCUT2D eigenvalue weighted by molar-refractivity contribution is 7.90. The van der Waals surface area contributed by atoms with Crippen molar-refractivity contribution in [3.63, 3.8) is 0 Å². The molecule has 2 unspecified atom stereocenters. The predicted molar refractivity (Wildman–Crippen MR) is 52.8 cm³/mol. The van der Waals surface area contributed by atoms with Crippen LogP contribution in [0.25, 0.3) is 0 Å². The van der Waals surface area contributed by atoms with Crippen molar-refractivity contribution in [3.8, 4) is 0 Å². The Kier molecular flexibility index (Phi) is 3.53. The molecule has 0 saturated heterocycles. The van der Waals surface area contributed by atoms with Crippen LogP contribution in [0.4, 0.5) is 0 Å². The average molecular weight is 220 g/mol. The predicted octanol–water partition coefficient (Wildman–Crippen LogP) is 0.922. The van der Waals surface area contributed by atoms with Crippen LogP contribution in [0.3, 0.4) is 0 Å². The standard InChI is InChI=1S/C9H16O4S/c1-14(12,13)6-5-7-3-2-4-8(7)9(10)11/h7-8H,2-6H2,1H3,(H,10,11). The lowest BCUT2D eigenvalue weighted by atomic mass is 9.94. The fraction of sp³-hybridized carbons (Fsp3) is 0.889. The zero-order chi connectivity index (χ0) is 10.8. The van der Waals surface area contributed by atoms with Crippen molar-refractivity contribution < 1.29 is 18.3 Å². The number of carboxylic acids is 1. The van der Waals surface area contributed by atoms with Gasteiger partial charge in [0, 0.05) is 6.26 Å². The Hall–Kier alpha value is -0.580. The summed E-state index contributed by atoms with van der Waals surface area (Å²) in [6.07, 6.45) is 4.15. The zero-order valence-corrected chi connectivity index (χ0v) is 9.09. The molecule has 1 rings (SSSR count). The quantitative estimate of drug-likeness (QED) is 0.764. The first-order chi connectivity index (χ1) is 6.40. The number of aliphatic carboxylic acids is 1. The molecule has 0 heterocycles. The van der Waals surface area contributed by atoms with Crippen LogP contribution in [-0.4, -0.2) is 31.5 Å². The molecule has 0 radical (unpaired) electrons. The van der Waals surface area contributed by atoms with E-state index in [1.807, 2.05) is 0 Å². The van der Waals surface area contributed by atoms with Gasteiger partial charge in [-0.1, -0.05) is 6.42 Å². The van der Waals surface area contributed by atoms with E-state index in [2.05, 4.69) is 0 Å². The molecule has 1 aliphatic carbocycles. The Morgan fingerprint density at radius 3 is 2.57 bits per heavy atom. The van der Waals surface area contributed by atoms with E-state index in [4.69, 9.17) is 5.11 Å². The third-order valence-corrected chi connectivity index (χ3v) is 3.81. The minimum atomic E-state index is -2.95. The molecule has 1 fully saturated rings.